The highest BCUT2D eigenvalue weighted by atomic mass is 79.9. The van der Waals surface area contributed by atoms with Crippen molar-refractivity contribution >= 4 is 33.2 Å². The molecule has 0 unspecified atom stereocenters. The molecule has 0 saturated carbocycles. The Kier molecular flexibility index (Phi) is 5.79. The zero-order valence-corrected chi connectivity index (χ0v) is 15.8. The van der Waals surface area contributed by atoms with Crippen LogP contribution in [-0.2, 0) is 10.2 Å². The van der Waals surface area contributed by atoms with Crippen LogP contribution in [0.5, 0.6) is 5.75 Å². The first-order chi connectivity index (χ1) is 11.7. The maximum atomic E-state index is 12.1. The first-order valence-electron chi connectivity index (χ1n) is 7.64. The minimum atomic E-state index is -0.490. The van der Waals surface area contributed by atoms with Gasteiger partial charge in [0.15, 0.2) is 6.61 Å². The summed E-state index contributed by atoms with van der Waals surface area (Å²) in [4.78, 5) is 22.2. The number of rotatable bonds is 5. The topological polar surface area (TPSA) is 81.5 Å². The van der Waals surface area contributed by atoms with E-state index < -0.39 is 4.92 Å². The molecule has 0 aromatic heterocycles. The van der Waals surface area contributed by atoms with Crippen molar-refractivity contribution in [1.82, 2.24) is 0 Å². The predicted molar refractivity (Wildman–Crippen MR) is 100 cm³/mol. The number of nitro groups is 1. The number of nitrogens with zero attached hydrogens (tertiary/aromatic N) is 1. The number of carbonyl (C=O) groups excluding carboxylic acids is 1. The average molecular weight is 407 g/mol. The van der Waals surface area contributed by atoms with Gasteiger partial charge >= 0.3 is 0 Å². The molecular weight excluding hydrogens is 388 g/mol. The normalized spacial score (nSPS) is 11.0. The van der Waals surface area contributed by atoms with Gasteiger partial charge < -0.3 is 10.1 Å². The van der Waals surface area contributed by atoms with E-state index >= 15 is 0 Å². The van der Waals surface area contributed by atoms with Crippen LogP contribution in [0.1, 0.15) is 26.3 Å². The number of benzene rings is 2. The third kappa shape index (κ3) is 5.29. The summed E-state index contributed by atoms with van der Waals surface area (Å²) >= 11 is 3.45. The second-order valence-electron chi connectivity index (χ2n) is 6.53. The molecule has 1 N–H and O–H groups in total. The summed E-state index contributed by atoms with van der Waals surface area (Å²) in [5, 5.41) is 13.3. The van der Waals surface area contributed by atoms with Crippen LogP contribution in [0.2, 0.25) is 0 Å². The van der Waals surface area contributed by atoms with Gasteiger partial charge in [0.1, 0.15) is 5.75 Å². The molecule has 0 spiro atoms. The molecule has 0 aliphatic carbocycles. The lowest BCUT2D eigenvalue weighted by atomic mass is 9.86. The van der Waals surface area contributed by atoms with Crippen LogP contribution in [0, 0.1) is 10.1 Å². The average Bonchev–Trinajstić information content (AvgIpc) is 2.53. The number of hydrogen-bond acceptors (Lipinski definition) is 4. The van der Waals surface area contributed by atoms with Crippen molar-refractivity contribution in [3.05, 3.63) is 62.6 Å². The van der Waals surface area contributed by atoms with Crippen LogP contribution < -0.4 is 10.1 Å². The minimum Gasteiger partial charge on any atom is -0.483 e. The summed E-state index contributed by atoms with van der Waals surface area (Å²) in [6, 6.07) is 11.3. The molecule has 132 valence electrons. The van der Waals surface area contributed by atoms with E-state index in [9.17, 15) is 14.9 Å². The van der Waals surface area contributed by atoms with Crippen LogP contribution >= 0.6 is 15.9 Å². The Morgan fingerprint density at radius 2 is 1.84 bits per heavy atom. The van der Waals surface area contributed by atoms with Gasteiger partial charge in [-0.25, -0.2) is 0 Å². The van der Waals surface area contributed by atoms with Gasteiger partial charge in [-0.05, 0) is 35.7 Å². The van der Waals surface area contributed by atoms with Gasteiger partial charge in [-0.2, -0.15) is 0 Å². The quantitative estimate of drug-likeness (QED) is 0.577. The second-order valence-corrected chi connectivity index (χ2v) is 7.45. The Morgan fingerprint density at radius 3 is 2.40 bits per heavy atom. The van der Waals surface area contributed by atoms with Gasteiger partial charge in [0.25, 0.3) is 11.6 Å². The Labute approximate surface area is 154 Å². The van der Waals surface area contributed by atoms with Crippen LogP contribution in [0.4, 0.5) is 11.4 Å². The maximum absolute atomic E-state index is 12.1. The molecule has 0 fully saturated rings. The SMILES string of the molecule is CC(C)(C)c1cc(Br)ccc1OCC(=O)Nc1ccc([N+](=O)[O-])cc1. The molecule has 1 amide bonds. The molecule has 0 heterocycles. The van der Waals surface area contributed by atoms with Gasteiger partial charge in [0.2, 0.25) is 0 Å². The molecule has 25 heavy (non-hydrogen) atoms. The van der Waals surface area contributed by atoms with E-state index in [-0.39, 0.29) is 23.6 Å². The van der Waals surface area contributed by atoms with Crippen molar-refractivity contribution in [3.63, 3.8) is 0 Å². The van der Waals surface area contributed by atoms with Crippen LogP contribution in [0.25, 0.3) is 0 Å². The first-order valence-corrected chi connectivity index (χ1v) is 8.43. The van der Waals surface area contributed by atoms with E-state index in [0.29, 0.717) is 11.4 Å². The van der Waals surface area contributed by atoms with Crippen molar-refractivity contribution in [2.24, 2.45) is 0 Å². The molecule has 2 aromatic rings. The van der Waals surface area contributed by atoms with Gasteiger partial charge in [0.05, 0.1) is 4.92 Å². The number of hydrogen-bond donors (Lipinski definition) is 1. The standard InChI is InChI=1S/C18H19BrN2O4/c1-18(2,3)15-10-12(19)4-9-16(15)25-11-17(22)20-13-5-7-14(8-6-13)21(23)24/h4-10H,11H2,1-3H3,(H,20,22). The number of halogens is 1. The summed E-state index contributed by atoms with van der Waals surface area (Å²) in [5.41, 5.74) is 1.31. The number of carbonyl (C=O) groups is 1. The van der Waals surface area contributed by atoms with Crippen molar-refractivity contribution < 1.29 is 14.5 Å². The molecule has 7 heteroatoms. The number of nitrogens with one attached hydrogen (secondary N) is 1. The summed E-state index contributed by atoms with van der Waals surface area (Å²) in [7, 11) is 0. The highest BCUT2D eigenvalue weighted by Crippen LogP contribution is 2.33. The fourth-order valence-electron chi connectivity index (χ4n) is 2.22. The lowest BCUT2D eigenvalue weighted by molar-refractivity contribution is -0.384. The fourth-order valence-corrected chi connectivity index (χ4v) is 2.58. The molecule has 0 radical (unpaired) electrons. The third-order valence-corrected chi connectivity index (χ3v) is 3.96. The Hall–Kier alpha value is -2.41. The van der Waals surface area contributed by atoms with Crippen LogP contribution in [0.3, 0.4) is 0 Å². The molecule has 0 aliphatic rings. The van der Waals surface area contributed by atoms with Crippen molar-refractivity contribution in [2.75, 3.05) is 11.9 Å². The molecule has 6 nitrogen and oxygen atoms in total. The van der Waals surface area contributed by atoms with Gasteiger partial charge in [-0.3, -0.25) is 14.9 Å². The van der Waals surface area contributed by atoms with E-state index in [1.807, 2.05) is 18.2 Å². The van der Waals surface area contributed by atoms with Gasteiger partial charge in [0, 0.05) is 27.9 Å². The second kappa shape index (κ2) is 7.65. The van der Waals surface area contributed by atoms with Crippen molar-refractivity contribution in [2.45, 2.75) is 26.2 Å². The van der Waals surface area contributed by atoms with Crippen molar-refractivity contribution in [3.8, 4) is 5.75 Å². The molecule has 2 rings (SSSR count). The summed E-state index contributed by atoms with van der Waals surface area (Å²) in [5.74, 6) is 0.311. The van der Waals surface area contributed by atoms with E-state index in [4.69, 9.17) is 4.74 Å². The molecular formula is C18H19BrN2O4. The zero-order valence-electron chi connectivity index (χ0n) is 14.2. The number of amides is 1. The van der Waals surface area contributed by atoms with Gasteiger partial charge in [-0.15, -0.1) is 0 Å². The maximum Gasteiger partial charge on any atom is 0.269 e. The number of non-ortho nitro benzene ring substituents is 1. The van der Waals surface area contributed by atoms with Gasteiger partial charge in [-0.1, -0.05) is 36.7 Å². The first kappa shape index (κ1) is 18.9. The molecule has 0 bridgehead atoms. The number of anilines is 1. The third-order valence-electron chi connectivity index (χ3n) is 3.47. The Morgan fingerprint density at radius 1 is 1.20 bits per heavy atom. The monoisotopic (exact) mass is 406 g/mol. The minimum absolute atomic E-state index is 0.0288. The molecule has 0 saturated heterocycles. The summed E-state index contributed by atoms with van der Waals surface area (Å²) in [6.45, 7) is 6.05. The molecule has 0 atom stereocenters. The van der Waals surface area contributed by atoms with E-state index in [0.717, 1.165) is 10.0 Å². The summed E-state index contributed by atoms with van der Waals surface area (Å²) < 4.78 is 6.62. The van der Waals surface area contributed by atoms with Crippen LogP contribution in [-0.4, -0.2) is 17.4 Å². The fraction of sp³-hybridized carbons (Fsp3) is 0.278. The van der Waals surface area contributed by atoms with E-state index in [1.165, 1.54) is 24.3 Å². The highest BCUT2D eigenvalue weighted by molar-refractivity contribution is 9.10. The predicted octanol–water partition coefficient (Wildman–Crippen LogP) is 4.67. The lowest BCUT2D eigenvalue weighted by Gasteiger charge is -2.23. The van der Waals surface area contributed by atoms with E-state index in [1.54, 1.807) is 0 Å². The Balaban J connectivity index is 2.02. The number of nitro benzene ring substituents is 1. The zero-order chi connectivity index (χ0) is 18.6. The number of ether oxygens (including phenoxy) is 1. The Bertz CT molecular complexity index is 783. The lowest BCUT2D eigenvalue weighted by Crippen LogP contribution is -2.22. The largest absolute Gasteiger partial charge is 0.483 e. The van der Waals surface area contributed by atoms with E-state index in [2.05, 4.69) is 42.0 Å². The summed E-state index contributed by atoms with van der Waals surface area (Å²) in [6.07, 6.45) is 0. The smallest absolute Gasteiger partial charge is 0.269 e. The van der Waals surface area contributed by atoms with Crippen molar-refractivity contribution in [1.29, 1.82) is 0 Å². The van der Waals surface area contributed by atoms with Crippen LogP contribution in [0.15, 0.2) is 46.9 Å². The molecule has 0 aliphatic heterocycles. The highest BCUT2D eigenvalue weighted by Gasteiger charge is 2.20. The molecule has 2 aromatic carbocycles.